The van der Waals surface area contributed by atoms with Gasteiger partial charge in [0.25, 0.3) is 0 Å². The van der Waals surface area contributed by atoms with Crippen LogP contribution in [0.25, 0.3) is 0 Å². The van der Waals surface area contributed by atoms with E-state index in [2.05, 4.69) is 0 Å². The fourth-order valence-electron chi connectivity index (χ4n) is 2.59. The van der Waals surface area contributed by atoms with Gasteiger partial charge in [-0.1, -0.05) is 23.8 Å². The lowest BCUT2D eigenvalue weighted by molar-refractivity contribution is 0.0971. The molecule has 0 spiro atoms. The van der Waals surface area contributed by atoms with Gasteiger partial charge in [-0.2, -0.15) is 0 Å². The zero-order valence-corrected chi connectivity index (χ0v) is 10.1. The van der Waals surface area contributed by atoms with Crippen LogP contribution >= 0.6 is 0 Å². The Morgan fingerprint density at radius 1 is 1.25 bits per heavy atom. The van der Waals surface area contributed by atoms with Crippen molar-refractivity contribution in [2.45, 2.75) is 51.2 Å². The van der Waals surface area contributed by atoms with E-state index in [-0.39, 0.29) is 6.04 Å². The summed E-state index contributed by atoms with van der Waals surface area (Å²) in [5.41, 5.74) is 7.75. The molecule has 0 amide bonds. The molecule has 88 valence electrons. The quantitative estimate of drug-likeness (QED) is 0.773. The van der Waals surface area contributed by atoms with Gasteiger partial charge < -0.3 is 5.73 Å². The first-order valence-corrected chi connectivity index (χ1v) is 6.03. The fourth-order valence-corrected chi connectivity index (χ4v) is 2.59. The summed E-state index contributed by atoms with van der Waals surface area (Å²) < 4.78 is 14.9. The molecule has 0 aromatic heterocycles. The summed E-state index contributed by atoms with van der Waals surface area (Å²) in [6, 6.07) is 6.23. The predicted octanol–water partition coefficient (Wildman–Crippen LogP) is 3.37. The van der Waals surface area contributed by atoms with Crippen molar-refractivity contribution in [2.75, 3.05) is 0 Å². The summed E-state index contributed by atoms with van der Waals surface area (Å²) in [5, 5.41) is 0. The second-order valence-electron chi connectivity index (χ2n) is 5.12. The van der Waals surface area contributed by atoms with Crippen LogP contribution in [-0.2, 0) is 5.67 Å². The molecular formula is C14H20FN. The fraction of sp³-hybridized carbons (Fsp3) is 0.571. The van der Waals surface area contributed by atoms with E-state index in [0.29, 0.717) is 12.8 Å². The highest BCUT2D eigenvalue weighted by Gasteiger charge is 2.36. The second-order valence-corrected chi connectivity index (χ2v) is 5.12. The molecule has 1 aromatic rings. The van der Waals surface area contributed by atoms with E-state index < -0.39 is 5.67 Å². The van der Waals surface area contributed by atoms with Crippen LogP contribution in [0.1, 0.15) is 42.4 Å². The van der Waals surface area contributed by atoms with Gasteiger partial charge >= 0.3 is 0 Å². The molecule has 16 heavy (non-hydrogen) atoms. The van der Waals surface area contributed by atoms with Crippen molar-refractivity contribution in [3.05, 3.63) is 34.9 Å². The average Bonchev–Trinajstić information content (AvgIpc) is 2.26. The summed E-state index contributed by atoms with van der Waals surface area (Å²) in [5.74, 6) is 0. The van der Waals surface area contributed by atoms with Gasteiger partial charge in [-0.15, -0.1) is 0 Å². The maximum absolute atomic E-state index is 14.9. The zero-order chi connectivity index (χ0) is 11.8. The molecule has 0 heterocycles. The number of alkyl halides is 1. The van der Waals surface area contributed by atoms with E-state index >= 15 is 0 Å². The molecule has 2 N–H and O–H groups in total. The first kappa shape index (κ1) is 11.6. The third-order valence-electron chi connectivity index (χ3n) is 3.70. The number of nitrogens with two attached hydrogens (primary N) is 1. The van der Waals surface area contributed by atoms with Crippen LogP contribution in [0.5, 0.6) is 0 Å². The number of hydrogen-bond acceptors (Lipinski definition) is 1. The van der Waals surface area contributed by atoms with Crippen molar-refractivity contribution in [1.29, 1.82) is 0 Å². The Kier molecular flexibility index (Phi) is 3.02. The minimum Gasteiger partial charge on any atom is -0.328 e. The molecule has 0 saturated heterocycles. The smallest absolute Gasteiger partial charge is 0.136 e. The Bertz CT molecular complexity index is 378. The molecule has 1 saturated carbocycles. The monoisotopic (exact) mass is 221 g/mol. The maximum Gasteiger partial charge on any atom is 0.136 e. The molecule has 0 bridgehead atoms. The first-order valence-electron chi connectivity index (χ1n) is 6.03. The van der Waals surface area contributed by atoms with Gasteiger partial charge in [0, 0.05) is 6.04 Å². The van der Waals surface area contributed by atoms with Crippen LogP contribution in [-0.4, -0.2) is 6.04 Å². The lowest BCUT2D eigenvalue weighted by Gasteiger charge is -2.34. The van der Waals surface area contributed by atoms with Crippen LogP contribution < -0.4 is 5.73 Å². The van der Waals surface area contributed by atoms with E-state index in [1.807, 2.05) is 32.0 Å². The Labute approximate surface area is 96.9 Å². The van der Waals surface area contributed by atoms with Crippen molar-refractivity contribution in [1.82, 2.24) is 0 Å². The molecule has 1 aliphatic rings. The highest BCUT2D eigenvalue weighted by molar-refractivity contribution is 5.35. The lowest BCUT2D eigenvalue weighted by atomic mass is 9.77. The first-order chi connectivity index (χ1) is 7.51. The van der Waals surface area contributed by atoms with E-state index in [0.717, 1.165) is 29.5 Å². The summed E-state index contributed by atoms with van der Waals surface area (Å²) in [6.07, 6.45) is 2.73. The SMILES string of the molecule is Cc1ccc(C)c(C2(F)CCC(N)CC2)c1. The normalized spacial score (nSPS) is 30.4. The van der Waals surface area contributed by atoms with E-state index in [4.69, 9.17) is 5.73 Å². The summed E-state index contributed by atoms with van der Waals surface area (Å²) in [4.78, 5) is 0. The van der Waals surface area contributed by atoms with Crippen molar-refractivity contribution < 1.29 is 4.39 Å². The van der Waals surface area contributed by atoms with E-state index in [1.165, 1.54) is 0 Å². The predicted molar refractivity (Wildman–Crippen MR) is 65.1 cm³/mol. The van der Waals surface area contributed by atoms with Gasteiger partial charge in [0.05, 0.1) is 0 Å². The molecule has 1 aliphatic carbocycles. The number of halogens is 1. The highest BCUT2D eigenvalue weighted by atomic mass is 19.1. The molecule has 1 fully saturated rings. The van der Waals surface area contributed by atoms with Crippen LogP contribution in [0.3, 0.4) is 0 Å². The third kappa shape index (κ3) is 2.12. The lowest BCUT2D eigenvalue weighted by Crippen LogP contribution is -2.34. The molecule has 1 nitrogen and oxygen atoms in total. The van der Waals surface area contributed by atoms with Gasteiger partial charge in [0.2, 0.25) is 0 Å². The Morgan fingerprint density at radius 2 is 1.88 bits per heavy atom. The third-order valence-corrected chi connectivity index (χ3v) is 3.70. The minimum atomic E-state index is -1.15. The maximum atomic E-state index is 14.9. The molecule has 0 atom stereocenters. The second kappa shape index (κ2) is 4.17. The van der Waals surface area contributed by atoms with Crippen molar-refractivity contribution in [2.24, 2.45) is 5.73 Å². The van der Waals surface area contributed by atoms with Gasteiger partial charge in [0.15, 0.2) is 0 Å². The molecule has 0 radical (unpaired) electrons. The van der Waals surface area contributed by atoms with Crippen molar-refractivity contribution in [3.63, 3.8) is 0 Å². The van der Waals surface area contributed by atoms with Gasteiger partial charge in [0.1, 0.15) is 5.67 Å². The molecule has 2 heteroatoms. The van der Waals surface area contributed by atoms with Crippen LogP contribution in [0, 0.1) is 13.8 Å². The van der Waals surface area contributed by atoms with Crippen LogP contribution in [0.4, 0.5) is 4.39 Å². The van der Waals surface area contributed by atoms with Crippen LogP contribution in [0.15, 0.2) is 18.2 Å². The summed E-state index contributed by atoms with van der Waals surface area (Å²) in [6.45, 7) is 4.01. The van der Waals surface area contributed by atoms with Crippen molar-refractivity contribution >= 4 is 0 Å². The van der Waals surface area contributed by atoms with Gasteiger partial charge in [-0.25, -0.2) is 4.39 Å². The highest BCUT2D eigenvalue weighted by Crippen LogP contribution is 2.41. The van der Waals surface area contributed by atoms with Gasteiger partial charge in [-0.3, -0.25) is 0 Å². The Hall–Kier alpha value is -0.890. The Morgan fingerprint density at radius 3 is 2.50 bits per heavy atom. The topological polar surface area (TPSA) is 26.0 Å². The van der Waals surface area contributed by atoms with E-state index in [1.54, 1.807) is 0 Å². The molecule has 0 aliphatic heterocycles. The molecule has 1 aromatic carbocycles. The van der Waals surface area contributed by atoms with Crippen molar-refractivity contribution in [3.8, 4) is 0 Å². The van der Waals surface area contributed by atoms with Crippen LogP contribution in [0.2, 0.25) is 0 Å². The standard InChI is InChI=1S/C14H20FN/c1-10-3-4-11(2)13(9-10)14(15)7-5-12(16)6-8-14/h3-4,9,12H,5-8,16H2,1-2H3. The summed E-state index contributed by atoms with van der Waals surface area (Å²) in [7, 11) is 0. The summed E-state index contributed by atoms with van der Waals surface area (Å²) >= 11 is 0. The number of rotatable bonds is 1. The zero-order valence-electron chi connectivity index (χ0n) is 10.1. The number of hydrogen-bond donors (Lipinski definition) is 1. The van der Waals surface area contributed by atoms with Gasteiger partial charge in [-0.05, 0) is 50.7 Å². The molecular weight excluding hydrogens is 201 g/mol. The van der Waals surface area contributed by atoms with E-state index in [9.17, 15) is 4.39 Å². The minimum absolute atomic E-state index is 0.189. The number of benzene rings is 1. The largest absolute Gasteiger partial charge is 0.328 e. The molecule has 0 unspecified atom stereocenters. The Balaban J connectivity index is 2.32. The molecule has 2 rings (SSSR count). The average molecular weight is 221 g/mol. The number of aryl methyl sites for hydroxylation is 2.